The Labute approximate surface area is 101 Å². The quantitative estimate of drug-likeness (QED) is 0.711. The van der Waals surface area contributed by atoms with Gasteiger partial charge in [0.25, 0.3) is 0 Å². The normalized spacial score (nSPS) is 16.4. The summed E-state index contributed by atoms with van der Waals surface area (Å²) in [5.41, 5.74) is 0.224. The third kappa shape index (κ3) is 2.63. The van der Waals surface area contributed by atoms with Crippen LogP contribution in [-0.4, -0.2) is 18.6 Å². The summed E-state index contributed by atoms with van der Waals surface area (Å²) in [6, 6.07) is 3.86. The number of benzene rings is 1. The Bertz CT molecular complexity index is 470. The molecule has 6 heteroatoms. The molecular formula is C12H11F4NO. The van der Waals surface area contributed by atoms with E-state index >= 15 is 0 Å². The van der Waals surface area contributed by atoms with E-state index in [2.05, 4.69) is 0 Å². The first-order valence-electron chi connectivity index (χ1n) is 5.53. The van der Waals surface area contributed by atoms with E-state index in [1.165, 1.54) is 18.2 Å². The molecule has 0 unspecified atom stereocenters. The van der Waals surface area contributed by atoms with E-state index < -0.39 is 24.4 Å². The Kier molecular flexibility index (Phi) is 3.28. The highest BCUT2D eigenvalue weighted by Gasteiger charge is 2.35. The van der Waals surface area contributed by atoms with Crippen molar-refractivity contribution in [3.63, 3.8) is 0 Å². The molecule has 0 aromatic heterocycles. The Morgan fingerprint density at radius 1 is 1.22 bits per heavy atom. The summed E-state index contributed by atoms with van der Waals surface area (Å²) >= 11 is 0. The van der Waals surface area contributed by atoms with E-state index in [-0.39, 0.29) is 24.1 Å². The van der Waals surface area contributed by atoms with Crippen LogP contribution in [0.25, 0.3) is 0 Å². The average Bonchev–Trinajstić information content (AvgIpc) is 2.40. The number of hydrogen-bond acceptors (Lipinski definition) is 1. The van der Waals surface area contributed by atoms with Gasteiger partial charge in [-0.2, -0.15) is 13.2 Å². The minimum atomic E-state index is -4.50. The predicted molar refractivity (Wildman–Crippen MR) is 57.7 cm³/mol. The number of hydrogen-bond donors (Lipinski definition) is 0. The van der Waals surface area contributed by atoms with Crippen LogP contribution >= 0.6 is 0 Å². The molecule has 0 bridgehead atoms. The van der Waals surface area contributed by atoms with Gasteiger partial charge in [0.1, 0.15) is 12.4 Å². The van der Waals surface area contributed by atoms with Crippen molar-refractivity contribution in [2.45, 2.75) is 25.4 Å². The summed E-state index contributed by atoms with van der Waals surface area (Å²) in [5, 5.41) is 0. The molecule has 18 heavy (non-hydrogen) atoms. The molecule has 0 aliphatic carbocycles. The van der Waals surface area contributed by atoms with Crippen molar-refractivity contribution in [1.82, 2.24) is 0 Å². The number of nitrogens with zero attached hydrogens (tertiary/aromatic N) is 1. The highest BCUT2D eigenvalue weighted by Crippen LogP contribution is 2.31. The van der Waals surface area contributed by atoms with E-state index in [4.69, 9.17) is 0 Å². The number of carbonyl (C=O) groups excluding carboxylic acids is 1. The lowest BCUT2D eigenvalue weighted by Gasteiger charge is -2.24. The van der Waals surface area contributed by atoms with Crippen LogP contribution in [-0.2, 0) is 11.2 Å². The van der Waals surface area contributed by atoms with Gasteiger partial charge in [0.15, 0.2) is 0 Å². The first-order valence-corrected chi connectivity index (χ1v) is 5.53. The smallest absolute Gasteiger partial charge is 0.303 e. The lowest BCUT2D eigenvalue weighted by atomic mass is 10.1. The summed E-state index contributed by atoms with van der Waals surface area (Å²) < 4.78 is 50.9. The molecule has 1 aromatic carbocycles. The third-order valence-electron chi connectivity index (χ3n) is 2.84. The lowest BCUT2D eigenvalue weighted by Crippen LogP contribution is -2.38. The Hall–Kier alpha value is -1.59. The van der Waals surface area contributed by atoms with Gasteiger partial charge in [0.05, 0.1) is 5.69 Å². The second kappa shape index (κ2) is 4.59. The van der Waals surface area contributed by atoms with Gasteiger partial charge in [-0.25, -0.2) is 4.39 Å². The van der Waals surface area contributed by atoms with E-state index in [0.717, 1.165) is 0 Å². The second-order valence-electron chi connectivity index (χ2n) is 4.19. The maximum absolute atomic E-state index is 13.6. The monoisotopic (exact) mass is 261 g/mol. The zero-order chi connectivity index (χ0) is 13.3. The van der Waals surface area contributed by atoms with Gasteiger partial charge in [0, 0.05) is 12.0 Å². The van der Waals surface area contributed by atoms with Gasteiger partial charge in [-0.05, 0) is 25.0 Å². The van der Waals surface area contributed by atoms with Crippen LogP contribution in [0.4, 0.5) is 23.2 Å². The van der Waals surface area contributed by atoms with Gasteiger partial charge < -0.3 is 4.90 Å². The zero-order valence-corrected chi connectivity index (χ0v) is 9.43. The van der Waals surface area contributed by atoms with Crippen LogP contribution in [0.15, 0.2) is 18.2 Å². The standard InChI is InChI=1S/C12H11F4NO/c13-9-4-2-5-10-8(9)3-1-6-11(18)17(10)7-12(14,15)16/h2,4-5H,1,3,6-7H2. The maximum Gasteiger partial charge on any atom is 0.406 e. The summed E-state index contributed by atoms with van der Waals surface area (Å²) in [6.45, 7) is -1.37. The molecule has 0 fully saturated rings. The van der Waals surface area contributed by atoms with Gasteiger partial charge in [-0.15, -0.1) is 0 Å². The van der Waals surface area contributed by atoms with Crippen molar-refractivity contribution < 1.29 is 22.4 Å². The van der Waals surface area contributed by atoms with Gasteiger partial charge in [-0.3, -0.25) is 4.79 Å². The van der Waals surface area contributed by atoms with Crippen LogP contribution in [0.5, 0.6) is 0 Å². The minimum absolute atomic E-state index is 0.00417. The molecule has 98 valence electrons. The zero-order valence-electron chi connectivity index (χ0n) is 9.43. The van der Waals surface area contributed by atoms with Crippen molar-refractivity contribution in [3.8, 4) is 0 Å². The minimum Gasteiger partial charge on any atom is -0.303 e. The number of halogens is 4. The van der Waals surface area contributed by atoms with E-state index in [1.54, 1.807) is 0 Å². The molecule has 2 rings (SSSR count). The predicted octanol–water partition coefficient (Wildman–Crippen LogP) is 3.06. The number of alkyl halides is 3. The second-order valence-corrected chi connectivity index (χ2v) is 4.19. The fraction of sp³-hybridized carbons (Fsp3) is 0.417. The molecule has 1 heterocycles. The highest BCUT2D eigenvalue weighted by atomic mass is 19.4. The first kappa shape index (κ1) is 12.9. The van der Waals surface area contributed by atoms with Crippen LogP contribution in [0, 0.1) is 5.82 Å². The Morgan fingerprint density at radius 2 is 1.94 bits per heavy atom. The first-order chi connectivity index (χ1) is 8.38. The number of carbonyl (C=O) groups is 1. The number of anilines is 1. The van der Waals surface area contributed by atoms with Gasteiger partial charge in [-0.1, -0.05) is 6.07 Å². The van der Waals surface area contributed by atoms with Crippen LogP contribution in [0.2, 0.25) is 0 Å². The average molecular weight is 261 g/mol. The van der Waals surface area contributed by atoms with Gasteiger partial charge in [0.2, 0.25) is 5.91 Å². The molecular weight excluding hydrogens is 250 g/mol. The number of rotatable bonds is 1. The largest absolute Gasteiger partial charge is 0.406 e. The molecule has 1 aromatic rings. The highest BCUT2D eigenvalue weighted by molar-refractivity contribution is 5.95. The fourth-order valence-corrected chi connectivity index (χ4v) is 2.09. The molecule has 1 aliphatic rings. The summed E-state index contributed by atoms with van der Waals surface area (Å²) in [6.07, 6.45) is -3.85. The summed E-state index contributed by atoms with van der Waals surface area (Å²) in [4.78, 5) is 12.3. The molecule has 2 nitrogen and oxygen atoms in total. The van der Waals surface area contributed by atoms with Crippen molar-refractivity contribution in [2.24, 2.45) is 0 Å². The topological polar surface area (TPSA) is 20.3 Å². The SMILES string of the molecule is O=C1CCCc2c(F)cccc2N1CC(F)(F)F. The van der Waals surface area contributed by atoms with Gasteiger partial charge >= 0.3 is 6.18 Å². The van der Waals surface area contributed by atoms with Crippen LogP contribution < -0.4 is 4.90 Å². The molecule has 0 saturated carbocycles. The van der Waals surface area contributed by atoms with Crippen molar-refractivity contribution in [3.05, 3.63) is 29.6 Å². The van der Waals surface area contributed by atoms with E-state index in [1.807, 2.05) is 0 Å². The van der Waals surface area contributed by atoms with E-state index in [0.29, 0.717) is 11.3 Å². The molecule has 0 spiro atoms. The summed E-state index contributed by atoms with van der Waals surface area (Å²) in [7, 11) is 0. The molecule has 0 radical (unpaired) electrons. The molecule has 0 saturated heterocycles. The van der Waals surface area contributed by atoms with Crippen LogP contribution in [0.3, 0.4) is 0 Å². The Balaban J connectivity index is 2.44. The van der Waals surface area contributed by atoms with Crippen LogP contribution in [0.1, 0.15) is 18.4 Å². The molecule has 0 N–H and O–H groups in total. The maximum atomic E-state index is 13.6. The summed E-state index contributed by atoms with van der Waals surface area (Å²) in [5.74, 6) is -1.17. The van der Waals surface area contributed by atoms with Crippen molar-refractivity contribution in [1.29, 1.82) is 0 Å². The van der Waals surface area contributed by atoms with E-state index in [9.17, 15) is 22.4 Å². The number of amides is 1. The van der Waals surface area contributed by atoms with Crippen molar-refractivity contribution >= 4 is 11.6 Å². The van der Waals surface area contributed by atoms with Crippen molar-refractivity contribution in [2.75, 3.05) is 11.4 Å². The lowest BCUT2D eigenvalue weighted by molar-refractivity contribution is -0.132. The Morgan fingerprint density at radius 3 is 2.61 bits per heavy atom. The molecule has 1 amide bonds. The number of fused-ring (bicyclic) bond motifs is 1. The molecule has 1 aliphatic heterocycles. The third-order valence-corrected chi connectivity index (χ3v) is 2.84. The fourth-order valence-electron chi connectivity index (χ4n) is 2.09. The molecule has 0 atom stereocenters.